The number of hydrogen-bond donors (Lipinski definition) is 1. The van der Waals surface area contributed by atoms with E-state index in [1.54, 1.807) is 34.6 Å². The van der Waals surface area contributed by atoms with Crippen LogP contribution in [-0.2, 0) is 9.47 Å². The Hall–Kier alpha value is -1.25. The third kappa shape index (κ3) is 3.15. The summed E-state index contributed by atoms with van der Waals surface area (Å²) in [6.07, 6.45) is 3.59. The van der Waals surface area contributed by atoms with Gasteiger partial charge in [-0.1, -0.05) is 5.92 Å². The first-order valence-corrected chi connectivity index (χ1v) is 5.89. The molecule has 0 spiro atoms. The fourth-order valence-electron chi connectivity index (χ4n) is 1.84. The van der Waals surface area contributed by atoms with Crippen molar-refractivity contribution in [3.8, 4) is 12.3 Å². The summed E-state index contributed by atoms with van der Waals surface area (Å²) in [6, 6.07) is -0.583. The SMILES string of the molecule is C#CC(O)C1COC(C)(C)N1C(=O)OC(C)(C)C. The molecule has 102 valence electrons. The van der Waals surface area contributed by atoms with Crippen molar-refractivity contribution < 1.29 is 19.4 Å². The molecule has 0 saturated carbocycles. The van der Waals surface area contributed by atoms with Crippen molar-refractivity contribution in [2.24, 2.45) is 0 Å². The van der Waals surface area contributed by atoms with Gasteiger partial charge in [0, 0.05) is 0 Å². The maximum absolute atomic E-state index is 12.2. The average molecular weight is 255 g/mol. The molecule has 18 heavy (non-hydrogen) atoms. The molecule has 5 nitrogen and oxygen atoms in total. The number of carbonyl (C=O) groups excluding carboxylic acids is 1. The number of ether oxygens (including phenoxy) is 2. The second kappa shape index (κ2) is 4.79. The van der Waals surface area contributed by atoms with Crippen LogP contribution < -0.4 is 0 Å². The van der Waals surface area contributed by atoms with Crippen molar-refractivity contribution in [2.75, 3.05) is 6.61 Å². The molecular formula is C13H21NO4. The zero-order chi connectivity index (χ0) is 14.1. The Kier molecular flexibility index (Phi) is 3.94. The molecule has 5 heteroatoms. The Labute approximate surface area is 108 Å². The van der Waals surface area contributed by atoms with Gasteiger partial charge in [0.15, 0.2) is 0 Å². The topological polar surface area (TPSA) is 59.0 Å². The number of carbonyl (C=O) groups is 1. The highest BCUT2D eigenvalue weighted by molar-refractivity contribution is 5.70. The van der Waals surface area contributed by atoms with E-state index in [1.165, 1.54) is 4.90 Å². The minimum Gasteiger partial charge on any atom is -0.444 e. The number of rotatable bonds is 1. The third-order valence-electron chi connectivity index (χ3n) is 2.64. The number of aliphatic hydroxyl groups excluding tert-OH is 1. The summed E-state index contributed by atoms with van der Waals surface area (Å²) in [5.74, 6) is 2.22. The van der Waals surface area contributed by atoms with Gasteiger partial charge >= 0.3 is 6.09 Å². The van der Waals surface area contributed by atoms with Crippen LogP contribution >= 0.6 is 0 Å². The summed E-state index contributed by atoms with van der Waals surface area (Å²) in [5.41, 5.74) is -1.45. The molecule has 1 heterocycles. The summed E-state index contributed by atoms with van der Waals surface area (Å²) >= 11 is 0. The Balaban J connectivity index is 2.93. The predicted molar refractivity (Wildman–Crippen MR) is 66.7 cm³/mol. The molecule has 0 aromatic rings. The first kappa shape index (κ1) is 14.8. The summed E-state index contributed by atoms with van der Waals surface area (Å²) < 4.78 is 10.8. The first-order chi connectivity index (χ1) is 8.08. The van der Waals surface area contributed by atoms with E-state index in [9.17, 15) is 9.90 Å². The van der Waals surface area contributed by atoms with Crippen LogP contribution in [0.5, 0.6) is 0 Å². The van der Waals surface area contributed by atoms with Crippen LogP contribution in [0.3, 0.4) is 0 Å². The zero-order valence-corrected chi connectivity index (χ0v) is 11.6. The maximum atomic E-state index is 12.2. The number of aliphatic hydroxyl groups is 1. The molecule has 1 saturated heterocycles. The fraction of sp³-hybridized carbons (Fsp3) is 0.769. The quantitative estimate of drug-likeness (QED) is 0.719. The van der Waals surface area contributed by atoms with Crippen molar-refractivity contribution >= 4 is 6.09 Å². The molecule has 0 aromatic carbocycles. The van der Waals surface area contributed by atoms with E-state index in [0.717, 1.165) is 0 Å². The van der Waals surface area contributed by atoms with Crippen molar-refractivity contribution in [1.82, 2.24) is 4.90 Å². The number of nitrogens with zero attached hydrogens (tertiary/aromatic N) is 1. The minimum atomic E-state index is -1.07. The predicted octanol–water partition coefficient (Wildman–Crippen LogP) is 1.35. The van der Waals surface area contributed by atoms with Crippen LogP contribution in [0.2, 0.25) is 0 Å². The molecule has 0 radical (unpaired) electrons. The minimum absolute atomic E-state index is 0.192. The van der Waals surface area contributed by atoms with E-state index < -0.39 is 29.6 Å². The van der Waals surface area contributed by atoms with Gasteiger partial charge in [0.25, 0.3) is 0 Å². The molecule has 1 N–H and O–H groups in total. The van der Waals surface area contributed by atoms with Crippen LogP contribution in [0.15, 0.2) is 0 Å². The molecule has 1 aliphatic heterocycles. The van der Waals surface area contributed by atoms with Crippen LogP contribution in [-0.4, -0.2) is 46.2 Å². The highest BCUT2D eigenvalue weighted by Gasteiger charge is 2.48. The largest absolute Gasteiger partial charge is 0.444 e. The molecule has 1 rings (SSSR count). The van der Waals surface area contributed by atoms with E-state index in [4.69, 9.17) is 15.9 Å². The molecule has 0 aliphatic carbocycles. The van der Waals surface area contributed by atoms with Gasteiger partial charge in [0.1, 0.15) is 17.4 Å². The van der Waals surface area contributed by atoms with Crippen molar-refractivity contribution in [3.63, 3.8) is 0 Å². The lowest BCUT2D eigenvalue weighted by Gasteiger charge is -2.35. The zero-order valence-electron chi connectivity index (χ0n) is 11.6. The molecule has 0 bridgehead atoms. The van der Waals surface area contributed by atoms with Crippen LogP contribution in [0.4, 0.5) is 4.79 Å². The van der Waals surface area contributed by atoms with Gasteiger partial charge in [-0.05, 0) is 34.6 Å². The Morgan fingerprint density at radius 2 is 2.17 bits per heavy atom. The summed E-state index contributed by atoms with van der Waals surface area (Å²) in [5, 5.41) is 9.74. The van der Waals surface area contributed by atoms with Gasteiger partial charge in [0.2, 0.25) is 0 Å². The normalized spacial score (nSPS) is 24.5. The molecule has 2 atom stereocenters. The second-order valence-corrected chi connectivity index (χ2v) is 5.79. The number of hydrogen-bond acceptors (Lipinski definition) is 4. The van der Waals surface area contributed by atoms with Crippen molar-refractivity contribution in [3.05, 3.63) is 0 Å². The summed E-state index contributed by atoms with van der Waals surface area (Å²) in [4.78, 5) is 13.5. The molecule has 0 aromatic heterocycles. The lowest BCUT2D eigenvalue weighted by molar-refractivity contribution is -0.0658. The van der Waals surface area contributed by atoms with Crippen molar-refractivity contribution in [1.29, 1.82) is 0 Å². The highest BCUT2D eigenvalue weighted by Crippen LogP contribution is 2.30. The van der Waals surface area contributed by atoms with E-state index in [1.807, 2.05) is 0 Å². The fourth-order valence-corrected chi connectivity index (χ4v) is 1.84. The number of terminal acetylenes is 1. The van der Waals surface area contributed by atoms with Gasteiger partial charge in [-0.2, -0.15) is 0 Å². The summed E-state index contributed by atoms with van der Waals surface area (Å²) in [6.45, 7) is 9.00. The van der Waals surface area contributed by atoms with E-state index in [0.29, 0.717) is 0 Å². The van der Waals surface area contributed by atoms with Gasteiger partial charge in [-0.3, -0.25) is 4.90 Å². The van der Waals surface area contributed by atoms with Gasteiger partial charge in [0.05, 0.1) is 12.6 Å². The standard InChI is InChI=1S/C13H21NO4/c1-7-10(15)9-8-17-13(5,6)14(9)11(16)18-12(2,3)4/h1,9-10,15H,8H2,2-6H3. The maximum Gasteiger partial charge on any atom is 0.413 e. The van der Waals surface area contributed by atoms with E-state index in [-0.39, 0.29) is 6.61 Å². The van der Waals surface area contributed by atoms with Gasteiger partial charge in [-0.15, -0.1) is 6.42 Å². The van der Waals surface area contributed by atoms with Crippen LogP contribution in [0, 0.1) is 12.3 Å². The van der Waals surface area contributed by atoms with Gasteiger partial charge < -0.3 is 14.6 Å². The van der Waals surface area contributed by atoms with Gasteiger partial charge in [-0.25, -0.2) is 4.79 Å². The van der Waals surface area contributed by atoms with E-state index >= 15 is 0 Å². The molecule has 1 fully saturated rings. The Morgan fingerprint density at radius 3 is 2.61 bits per heavy atom. The number of amides is 1. The third-order valence-corrected chi connectivity index (χ3v) is 2.64. The molecule has 1 amide bonds. The van der Waals surface area contributed by atoms with E-state index in [2.05, 4.69) is 5.92 Å². The summed E-state index contributed by atoms with van der Waals surface area (Å²) in [7, 11) is 0. The molecule has 1 aliphatic rings. The van der Waals surface area contributed by atoms with Crippen LogP contribution in [0.25, 0.3) is 0 Å². The highest BCUT2D eigenvalue weighted by atomic mass is 16.6. The Bertz CT molecular complexity index is 364. The smallest absolute Gasteiger partial charge is 0.413 e. The first-order valence-electron chi connectivity index (χ1n) is 5.89. The monoisotopic (exact) mass is 255 g/mol. The van der Waals surface area contributed by atoms with Crippen molar-refractivity contribution in [2.45, 2.75) is 58.1 Å². The molecular weight excluding hydrogens is 234 g/mol. The van der Waals surface area contributed by atoms with Crippen LogP contribution in [0.1, 0.15) is 34.6 Å². The average Bonchev–Trinajstić information content (AvgIpc) is 2.50. The lowest BCUT2D eigenvalue weighted by Crippen LogP contribution is -2.53. The molecule has 2 unspecified atom stereocenters. The second-order valence-electron chi connectivity index (χ2n) is 5.79. The lowest BCUT2D eigenvalue weighted by atomic mass is 10.1. The Morgan fingerprint density at radius 1 is 1.61 bits per heavy atom.